The Hall–Kier alpha value is -3.35. The molecule has 3 heterocycles. The summed E-state index contributed by atoms with van der Waals surface area (Å²) in [6, 6.07) is 22.7. The molecule has 5 rings (SSSR count). The van der Waals surface area contributed by atoms with Crippen molar-refractivity contribution in [2.45, 2.75) is 32.9 Å². The van der Waals surface area contributed by atoms with Crippen LogP contribution in [0.2, 0.25) is 5.02 Å². The van der Waals surface area contributed by atoms with Gasteiger partial charge in [-0.25, -0.2) is 0 Å². The maximum Gasteiger partial charge on any atom is 0.174 e. The number of benzene rings is 2. The molecule has 1 aliphatic heterocycles. The highest BCUT2D eigenvalue weighted by Gasteiger charge is 2.42. The number of nitrogens with one attached hydrogen (secondary N) is 1. The molecule has 0 saturated carbocycles. The van der Waals surface area contributed by atoms with Gasteiger partial charge in [0.1, 0.15) is 0 Å². The van der Waals surface area contributed by atoms with Gasteiger partial charge in [-0.1, -0.05) is 23.7 Å². The van der Waals surface area contributed by atoms with E-state index in [2.05, 4.69) is 82.9 Å². The van der Waals surface area contributed by atoms with Crippen LogP contribution in [-0.4, -0.2) is 28.8 Å². The van der Waals surface area contributed by atoms with Crippen LogP contribution in [0.25, 0.3) is 5.69 Å². The molecule has 2 aromatic heterocycles. The fourth-order valence-electron chi connectivity index (χ4n) is 5.16. The summed E-state index contributed by atoms with van der Waals surface area (Å²) >= 11 is 12.4. The number of halogens is 1. The third-order valence-corrected chi connectivity index (χ3v) is 7.74. The number of rotatable bonds is 5. The number of thiocarbonyl (C=S) groups is 1. The lowest BCUT2D eigenvalue weighted by molar-refractivity contribution is 0.565. The fourth-order valence-corrected chi connectivity index (χ4v) is 5.67. The van der Waals surface area contributed by atoms with E-state index in [-0.39, 0.29) is 12.1 Å². The van der Waals surface area contributed by atoms with Crippen molar-refractivity contribution in [1.29, 1.82) is 0 Å². The highest BCUT2D eigenvalue weighted by Crippen LogP contribution is 2.44. The molecular weight excluding hydrogens is 486 g/mol. The Bertz CT molecular complexity index is 1410. The zero-order valence-electron chi connectivity index (χ0n) is 21.2. The first-order valence-electron chi connectivity index (χ1n) is 12.0. The van der Waals surface area contributed by atoms with E-state index >= 15 is 0 Å². The second-order valence-corrected chi connectivity index (χ2v) is 10.2. The van der Waals surface area contributed by atoms with Crippen molar-refractivity contribution < 1.29 is 0 Å². The standard InChI is InChI=1S/C29H30ClN5S/c1-18-17-23(20(3)34(18)26-11-8-9-24(30)19(26)2)28-27(25-10-6-7-16-31-25)32-29(36)35(28)22-14-12-21(13-15-22)33(4)5/h6-17,27-28H,1-5H3,(H,32,36)/t27-,28-/m0/s1. The third-order valence-electron chi connectivity index (χ3n) is 7.01. The molecule has 0 spiro atoms. The predicted octanol–water partition coefficient (Wildman–Crippen LogP) is 6.69. The Morgan fingerprint density at radius 1 is 0.972 bits per heavy atom. The molecule has 1 saturated heterocycles. The van der Waals surface area contributed by atoms with E-state index in [9.17, 15) is 0 Å². The number of aryl methyl sites for hydroxylation is 1. The van der Waals surface area contributed by atoms with Crippen molar-refractivity contribution >= 4 is 40.3 Å². The minimum absolute atomic E-state index is 0.0722. The van der Waals surface area contributed by atoms with E-state index in [0.29, 0.717) is 5.11 Å². The van der Waals surface area contributed by atoms with Crippen molar-refractivity contribution in [3.8, 4) is 5.69 Å². The van der Waals surface area contributed by atoms with Crippen LogP contribution in [0.5, 0.6) is 0 Å². The molecule has 7 heteroatoms. The van der Waals surface area contributed by atoms with Gasteiger partial charge in [-0.05, 0) is 98.7 Å². The van der Waals surface area contributed by atoms with Crippen molar-refractivity contribution in [2.75, 3.05) is 23.9 Å². The molecule has 2 atom stereocenters. The van der Waals surface area contributed by atoms with E-state index in [4.69, 9.17) is 28.8 Å². The van der Waals surface area contributed by atoms with Crippen LogP contribution in [0.3, 0.4) is 0 Å². The van der Waals surface area contributed by atoms with E-state index in [0.717, 1.165) is 44.7 Å². The van der Waals surface area contributed by atoms with Crippen LogP contribution in [0.1, 0.15) is 40.3 Å². The normalized spacial score (nSPS) is 17.4. The van der Waals surface area contributed by atoms with Crippen molar-refractivity contribution in [3.05, 3.63) is 106 Å². The van der Waals surface area contributed by atoms with Crippen molar-refractivity contribution in [3.63, 3.8) is 0 Å². The van der Waals surface area contributed by atoms with Gasteiger partial charge in [-0.3, -0.25) is 4.98 Å². The fraction of sp³-hybridized carbons (Fsp3) is 0.241. The minimum atomic E-state index is -0.0957. The summed E-state index contributed by atoms with van der Waals surface area (Å²) in [7, 11) is 4.09. The number of pyridine rings is 1. The Morgan fingerprint density at radius 2 is 1.72 bits per heavy atom. The summed E-state index contributed by atoms with van der Waals surface area (Å²) in [6.07, 6.45) is 1.84. The van der Waals surface area contributed by atoms with Crippen LogP contribution in [0.15, 0.2) is 72.9 Å². The van der Waals surface area contributed by atoms with Gasteiger partial charge >= 0.3 is 0 Å². The molecule has 184 valence electrons. The molecule has 36 heavy (non-hydrogen) atoms. The lowest BCUT2D eigenvalue weighted by atomic mass is 9.96. The molecule has 1 fully saturated rings. The first-order valence-corrected chi connectivity index (χ1v) is 12.8. The summed E-state index contributed by atoms with van der Waals surface area (Å²) in [5.74, 6) is 0. The number of aromatic nitrogens is 2. The molecular formula is C29H30ClN5S. The first-order chi connectivity index (χ1) is 17.3. The quantitative estimate of drug-likeness (QED) is 0.299. The molecule has 1 N–H and O–H groups in total. The van der Waals surface area contributed by atoms with E-state index in [1.807, 2.05) is 44.6 Å². The van der Waals surface area contributed by atoms with Crippen molar-refractivity contribution in [2.24, 2.45) is 0 Å². The van der Waals surface area contributed by atoms with Crippen LogP contribution < -0.4 is 15.1 Å². The summed E-state index contributed by atoms with van der Waals surface area (Å²) in [4.78, 5) is 9.02. The predicted molar refractivity (Wildman–Crippen MR) is 154 cm³/mol. The van der Waals surface area contributed by atoms with Crippen LogP contribution in [0, 0.1) is 20.8 Å². The van der Waals surface area contributed by atoms with E-state index < -0.39 is 0 Å². The SMILES string of the molecule is Cc1c(Cl)cccc1-n1c(C)cc([C@H]2[C@H](c3ccccn3)NC(=S)N2c2ccc(N(C)C)cc2)c1C. The van der Waals surface area contributed by atoms with Crippen LogP contribution in [-0.2, 0) is 0 Å². The lowest BCUT2D eigenvalue weighted by Crippen LogP contribution is -2.29. The highest BCUT2D eigenvalue weighted by molar-refractivity contribution is 7.80. The maximum atomic E-state index is 6.50. The zero-order valence-corrected chi connectivity index (χ0v) is 22.7. The van der Waals surface area contributed by atoms with Gasteiger partial charge in [-0.15, -0.1) is 0 Å². The Kier molecular flexibility index (Phi) is 6.49. The lowest BCUT2D eigenvalue weighted by Gasteiger charge is -2.28. The average Bonchev–Trinajstić information content (AvgIpc) is 3.36. The summed E-state index contributed by atoms with van der Waals surface area (Å²) in [6.45, 7) is 6.38. The molecule has 0 bridgehead atoms. The summed E-state index contributed by atoms with van der Waals surface area (Å²) < 4.78 is 2.29. The Labute approximate surface area is 223 Å². The van der Waals surface area contributed by atoms with Crippen molar-refractivity contribution in [1.82, 2.24) is 14.9 Å². The zero-order chi connectivity index (χ0) is 25.6. The monoisotopic (exact) mass is 515 g/mol. The minimum Gasteiger partial charge on any atom is -0.378 e. The van der Waals surface area contributed by atoms with Gasteiger partial charge in [0, 0.05) is 53.8 Å². The number of anilines is 2. The highest BCUT2D eigenvalue weighted by atomic mass is 35.5. The first kappa shape index (κ1) is 24.3. The molecule has 2 aromatic carbocycles. The molecule has 0 amide bonds. The molecule has 1 aliphatic rings. The third kappa shape index (κ3) is 4.14. The summed E-state index contributed by atoms with van der Waals surface area (Å²) in [5.41, 5.74) is 8.80. The topological polar surface area (TPSA) is 36.3 Å². The number of nitrogens with zero attached hydrogens (tertiary/aromatic N) is 4. The van der Waals surface area contributed by atoms with E-state index in [1.54, 1.807) is 0 Å². The molecule has 4 aromatic rings. The molecule has 0 radical (unpaired) electrons. The molecule has 0 unspecified atom stereocenters. The van der Waals surface area contributed by atoms with Crippen LogP contribution in [0.4, 0.5) is 11.4 Å². The van der Waals surface area contributed by atoms with E-state index in [1.165, 1.54) is 5.56 Å². The number of hydrogen-bond acceptors (Lipinski definition) is 3. The molecule has 0 aliphatic carbocycles. The number of hydrogen-bond donors (Lipinski definition) is 1. The van der Waals surface area contributed by atoms with Gasteiger partial charge in [0.05, 0.1) is 17.8 Å². The van der Waals surface area contributed by atoms with Gasteiger partial charge in [0.25, 0.3) is 0 Å². The average molecular weight is 516 g/mol. The van der Waals surface area contributed by atoms with Gasteiger partial charge in [0.15, 0.2) is 5.11 Å². The van der Waals surface area contributed by atoms with Gasteiger partial charge in [0.2, 0.25) is 0 Å². The van der Waals surface area contributed by atoms with Gasteiger partial charge in [-0.2, -0.15) is 0 Å². The Balaban J connectivity index is 1.68. The maximum absolute atomic E-state index is 6.50. The summed E-state index contributed by atoms with van der Waals surface area (Å²) in [5, 5.41) is 5.03. The second-order valence-electron chi connectivity index (χ2n) is 9.45. The van der Waals surface area contributed by atoms with Crippen LogP contribution >= 0.6 is 23.8 Å². The van der Waals surface area contributed by atoms with Gasteiger partial charge < -0.3 is 19.7 Å². The molecule has 5 nitrogen and oxygen atoms in total. The largest absolute Gasteiger partial charge is 0.378 e. The smallest absolute Gasteiger partial charge is 0.174 e. The second kappa shape index (κ2) is 9.60. The Morgan fingerprint density at radius 3 is 2.39 bits per heavy atom.